The lowest BCUT2D eigenvalue weighted by Crippen LogP contribution is -2.19. The van der Waals surface area contributed by atoms with E-state index in [-0.39, 0.29) is 0 Å². The maximum Gasteiger partial charge on any atom is 0.316 e. The van der Waals surface area contributed by atoms with Gasteiger partial charge in [0.2, 0.25) is 0 Å². The van der Waals surface area contributed by atoms with Gasteiger partial charge in [-0.3, -0.25) is 0 Å². The summed E-state index contributed by atoms with van der Waals surface area (Å²) in [7, 11) is 0. The van der Waals surface area contributed by atoms with Gasteiger partial charge in [-0.05, 0) is 48.9 Å². The molecule has 0 fully saturated rings. The van der Waals surface area contributed by atoms with E-state index in [0.717, 1.165) is 18.5 Å². The van der Waals surface area contributed by atoms with E-state index >= 15 is 0 Å². The molecule has 0 saturated carbocycles. The second-order valence-corrected chi connectivity index (χ2v) is 3.68. The largest absolute Gasteiger partial charge is 0.351 e. The van der Waals surface area contributed by atoms with Gasteiger partial charge in [0.05, 0.1) is 0 Å². The molecule has 0 heterocycles. The SMILES string of the molecule is NC(=O)Nc1ccc2c(c1)CCCC2. The van der Waals surface area contributed by atoms with Crippen LogP contribution in [0.5, 0.6) is 0 Å². The fraction of sp³-hybridized carbons (Fsp3) is 0.364. The van der Waals surface area contributed by atoms with Crippen molar-refractivity contribution in [3.8, 4) is 0 Å². The summed E-state index contributed by atoms with van der Waals surface area (Å²) >= 11 is 0. The normalized spacial score (nSPS) is 14.6. The standard InChI is InChI=1S/C11H14N2O/c12-11(14)13-10-6-5-8-3-1-2-4-9(8)7-10/h5-7H,1-4H2,(H3,12,13,14). The first-order valence-electron chi connectivity index (χ1n) is 4.94. The molecular weight excluding hydrogens is 176 g/mol. The average Bonchev–Trinajstić information content (AvgIpc) is 2.17. The lowest BCUT2D eigenvalue weighted by molar-refractivity contribution is 0.259. The molecule has 0 saturated heterocycles. The number of rotatable bonds is 1. The Morgan fingerprint density at radius 2 is 1.93 bits per heavy atom. The second kappa shape index (κ2) is 3.70. The minimum Gasteiger partial charge on any atom is -0.351 e. The Balaban J connectivity index is 2.24. The second-order valence-electron chi connectivity index (χ2n) is 3.68. The highest BCUT2D eigenvalue weighted by atomic mass is 16.2. The summed E-state index contributed by atoms with van der Waals surface area (Å²) in [6, 6.07) is 5.52. The first-order chi connectivity index (χ1) is 6.75. The van der Waals surface area contributed by atoms with E-state index in [1.807, 2.05) is 12.1 Å². The van der Waals surface area contributed by atoms with Crippen molar-refractivity contribution in [3.05, 3.63) is 29.3 Å². The van der Waals surface area contributed by atoms with Crippen LogP contribution in [0, 0.1) is 0 Å². The quantitative estimate of drug-likeness (QED) is 0.699. The fourth-order valence-corrected chi connectivity index (χ4v) is 1.95. The van der Waals surface area contributed by atoms with Crippen molar-refractivity contribution in [1.82, 2.24) is 0 Å². The molecule has 74 valence electrons. The summed E-state index contributed by atoms with van der Waals surface area (Å²) in [5, 5.41) is 2.59. The summed E-state index contributed by atoms with van der Waals surface area (Å²) < 4.78 is 0. The van der Waals surface area contributed by atoms with Gasteiger partial charge in [-0.15, -0.1) is 0 Å². The number of carbonyl (C=O) groups excluding carboxylic acids is 1. The molecule has 1 aliphatic carbocycles. The van der Waals surface area contributed by atoms with Crippen LogP contribution in [0.3, 0.4) is 0 Å². The van der Waals surface area contributed by atoms with E-state index in [4.69, 9.17) is 5.73 Å². The van der Waals surface area contributed by atoms with Crippen LogP contribution in [0.25, 0.3) is 0 Å². The fourth-order valence-electron chi connectivity index (χ4n) is 1.95. The van der Waals surface area contributed by atoms with Crippen LogP contribution < -0.4 is 11.1 Å². The van der Waals surface area contributed by atoms with Gasteiger partial charge in [-0.1, -0.05) is 6.07 Å². The Kier molecular flexibility index (Phi) is 2.39. The number of hydrogen-bond acceptors (Lipinski definition) is 1. The minimum absolute atomic E-state index is 0.499. The van der Waals surface area contributed by atoms with E-state index in [1.165, 1.54) is 24.0 Å². The summed E-state index contributed by atoms with van der Waals surface area (Å²) in [4.78, 5) is 10.6. The Morgan fingerprint density at radius 3 is 2.64 bits per heavy atom. The number of anilines is 1. The molecule has 3 heteroatoms. The zero-order valence-corrected chi connectivity index (χ0v) is 8.05. The van der Waals surface area contributed by atoms with Crippen molar-refractivity contribution in [3.63, 3.8) is 0 Å². The molecule has 1 aromatic rings. The Morgan fingerprint density at radius 1 is 1.21 bits per heavy atom. The van der Waals surface area contributed by atoms with Gasteiger partial charge in [0.1, 0.15) is 0 Å². The molecule has 0 spiro atoms. The van der Waals surface area contributed by atoms with Gasteiger partial charge in [0.25, 0.3) is 0 Å². The first kappa shape index (κ1) is 9.06. The predicted octanol–water partition coefficient (Wildman–Crippen LogP) is 2.06. The summed E-state index contributed by atoms with van der Waals surface area (Å²) in [6.07, 6.45) is 4.79. The lowest BCUT2D eigenvalue weighted by Gasteiger charge is -2.16. The number of amides is 2. The van der Waals surface area contributed by atoms with Crippen LogP contribution in [0.2, 0.25) is 0 Å². The number of hydrogen-bond donors (Lipinski definition) is 2. The number of aryl methyl sites for hydroxylation is 2. The summed E-state index contributed by atoms with van der Waals surface area (Å²) in [5.74, 6) is 0. The van der Waals surface area contributed by atoms with Crippen LogP contribution in [-0.2, 0) is 12.8 Å². The molecule has 0 aromatic heterocycles. The molecule has 14 heavy (non-hydrogen) atoms. The Labute approximate surface area is 83.3 Å². The molecular formula is C11H14N2O. The topological polar surface area (TPSA) is 55.1 Å². The molecule has 0 unspecified atom stereocenters. The van der Waals surface area contributed by atoms with Crippen molar-refractivity contribution in [2.75, 3.05) is 5.32 Å². The van der Waals surface area contributed by atoms with Crippen molar-refractivity contribution in [2.45, 2.75) is 25.7 Å². The first-order valence-corrected chi connectivity index (χ1v) is 4.94. The minimum atomic E-state index is -0.499. The van der Waals surface area contributed by atoms with Gasteiger partial charge in [0, 0.05) is 5.69 Å². The number of carbonyl (C=O) groups is 1. The van der Waals surface area contributed by atoms with Gasteiger partial charge >= 0.3 is 6.03 Å². The Bertz CT molecular complexity index is 360. The molecule has 0 atom stereocenters. The van der Waals surface area contributed by atoms with Crippen LogP contribution in [0.1, 0.15) is 24.0 Å². The summed E-state index contributed by atoms with van der Waals surface area (Å²) in [6.45, 7) is 0. The van der Waals surface area contributed by atoms with E-state index in [1.54, 1.807) is 0 Å². The number of fused-ring (bicyclic) bond motifs is 1. The van der Waals surface area contributed by atoms with Crippen LogP contribution in [0.4, 0.5) is 10.5 Å². The van der Waals surface area contributed by atoms with Crippen molar-refractivity contribution in [2.24, 2.45) is 5.73 Å². The monoisotopic (exact) mass is 190 g/mol. The number of benzene rings is 1. The predicted molar refractivity (Wildman–Crippen MR) is 56.3 cm³/mol. The highest BCUT2D eigenvalue weighted by Gasteiger charge is 2.09. The van der Waals surface area contributed by atoms with Crippen molar-refractivity contribution >= 4 is 11.7 Å². The van der Waals surface area contributed by atoms with E-state index in [2.05, 4.69) is 11.4 Å². The van der Waals surface area contributed by atoms with Gasteiger partial charge in [-0.25, -0.2) is 4.79 Å². The van der Waals surface area contributed by atoms with Crippen molar-refractivity contribution in [1.29, 1.82) is 0 Å². The smallest absolute Gasteiger partial charge is 0.316 e. The molecule has 2 rings (SSSR count). The molecule has 0 bridgehead atoms. The maximum absolute atomic E-state index is 10.6. The number of urea groups is 1. The molecule has 0 aliphatic heterocycles. The van der Waals surface area contributed by atoms with Crippen LogP contribution >= 0.6 is 0 Å². The van der Waals surface area contributed by atoms with Crippen LogP contribution in [-0.4, -0.2) is 6.03 Å². The summed E-state index contributed by atoms with van der Waals surface area (Å²) in [5.41, 5.74) is 8.61. The zero-order valence-electron chi connectivity index (χ0n) is 8.05. The molecule has 2 amide bonds. The lowest BCUT2D eigenvalue weighted by atomic mass is 9.91. The van der Waals surface area contributed by atoms with Crippen LogP contribution in [0.15, 0.2) is 18.2 Å². The van der Waals surface area contributed by atoms with E-state index in [0.29, 0.717) is 0 Å². The molecule has 1 aromatic carbocycles. The third-order valence-electron chi connectivity index (χ3n) is 2.62. The highest BCUT2D eigenvalue weighted by Crippen LogP contribution is 2.23. The molecule has 3 nitrogen and oxygen atoms in total. The third-order valence-corrected chi connectivity index (χ3v) is 2.62. The van der Waals surface area contributed by atoms with Gasteiger partial charge in [0.15, 0.2) is 0 Å². The van der Waals surface area contributed by atoms with Gasteiger partial charge in [-0.2, -0.15) is 0 Å². The molecule has 3 N–H and O–H groups in total. The molecule has 0 radical (unpaired) electrons. The average molecular weight is 190 g/mol. The van der Waals surface area contributed by atoms with E-state index in [9.17, 15) is 4.79 Å². The zero-order chi connectivity index (χ0) is 9.97. The van der Waals surface area contributed by atoms with Gasteiger partial charge < -0.3 is 11.1 Å². The highest BCUT2D eigenvalue weighted by molar-refractivity contribution is 5.87. The third kappa shape index (κ3) is 1.87. The number of nitrogens with one attached hydrogen (secondary N) is 1. The van der Waals surface area contributed by atoms with Crippen molar-refractivity contribution < 1.29 is 4.79 Å². The maximum atomic E-state index is 10.6. The molecule has 1 aliphatic rings. The number of nitrogens with two attached hydrogens (primary N) is 1. The number of primary amides is 1. The van der Waals surface area contributed by atoms with E-state index < -0.39 is 6.03 Å². The Hall–Kier alpha value is -1.51.